The molecule has 0 bridgehead atoms. The van der Waals surface area contributed by atoms with Gasteiger partial charge in [-0.3, -0.25) is 0 Å². The zero-order valence-electron chi connectivity index (χ0n) is 33.9. The molecule has 13 rings (SSSR count). The van der Waals surface area contributed by atoms with Gasteiger partial charge >= 0.3 is 0 Å². The number of benzene rings is 9. The third-order valence-electron chi connectivity index (χ3n) is 12.4. The van der Waals surface area contributed by atoms with E-state index in [1.165, 1.54) is 58.5 Å². The SMILES string of the molecule is c1ccc(-c2ccc3c4ccccc4n(-c4cccc5sc6ccc7c(c8cccc(-c9nc(-c%10ccccc%10)nc(-c%10ccccc%10)n9)c8n7-c7ccccc7)c6c45)c3c2)cc1. The summed E-state index contributed by atoms with van der Waals surface area (Å²) in [4.78, 5) is 15.5. The Morgan fingerprint density at radius 3 is 1.65 bits per heavy atom. The molecule has 5 nitrogen and oxygen atoms in total. The Kier molecular flexibility index (Phi) is 8.01. The molecular formula is C57H35N5S. The number of thiophene rings is 1. The van der Waals surface area contributed by atoms with Crippen molar-refractivity contribution in [2.75, 3.05) is 0 Å². The van der Waals surface area contributed by atoms with Crippen LogP contribution in [0, 0.1) is 0 Å². The number of hydrogen-bond acceptors (Lipinski definition) is 4. The molecule has 0 radical (unpaired) electrons. The highest BCUT2D eigenvalue weighted by Crippen LogP contribution is 2.48. The summed E-state index contributed by atoms with van der Waals surface area (Å²) < 4.78 is 7.39. The predicted octanol–water partition coefficient (Wildman–Crippen LogP) is 15.1. The van der Waals surface area contributed by atoms with Crippen molar-refractivity contribution in [3.05, 3.63) is 212 Å². The van der Waals surface area contributed by atoms with E-state index in [4.69, 9.17) is 15.0 Å². The van der Waals surface area contributed by atoms with E-state index in [1.54, 1.807) is 0 Å². The fourth-order valence-corrected chi connectivity index (χ4v) is 10.8. The molecule has 0 fully saturated rings. The topological polar surface area (TPSA) is 48.5 Å². The fourth-order valence-electron chi connectivity index (χ4n) is 9.63. The molecule has 0 aliphatic rings. The van der Waals surface area contributed by atoms with Crippen LogP contribution in [0.3, 0.4) is 0 Å². The minimum atomic E-state index is 0.625. The number of rotatable bonds is 6. The molecule has 0 unspecified atom stereocenters. The van der Waals surface area contributed by atoms with Gasteiger partial charge in [-0.1, -0.05) is 158 Å². The van der Waals surface area contributed by atoms with Crippen LogP contribution >= 0.6 is 11.3 Å². The third-order valence-corrected chi connectivity index (χ3v) is 13.5. The molecule has 6 heteroatoms. The molecule has 0 amide bonds. The van der Waals surface area contributed by atoms with Gasteiger partial charge < -0.3 is 9.13 Å². The summed E-state index contributed by atoms with van der Waals surface area (Å²) in [6.07, 6.45) is 0. The molecule has 0 saturated heterocycles. The first-order valence-electron chi connectivity index (χ1n) is 21.2. The van der Waals surface area contributed by atoms with Crippen molar-refractivity contribution in [1.82, 2.24) is 24.1 Å². The summed E-state index contributed by atoms with van der Waals surface area (Å²) in [5, 5.41) is 7.31. The Balaban J connectivity index is 1.15. The van der Waals surface area contributed by atoms with Crippen LogP contribution in [0.25, 0.3) is 120 Å². The van der Waals surface area contributed by atoms with Crippen molar-refractivity contribution in [2.24, 2.45) is 0 Å². The highest BCUT2D eigenvalue weighted by atomic mass is 32.1. The van der Waals surface area contributed by atoms with Crippen molar-refractivity contribution in [3.8, 4) is 56.7 Å². The molecule has 0 N–H and O–H groups in total. The summed E-state index contributed by atoms with van der Waals surface area (Å²) in [5.74, 6) is 1.90. The maximum Gasteiger partial charge on any atom is 0.166 e. The second-order valence-corrected chi connectivity index (χ2v) is 17.0. The van der Waals surface area contributed by atoms with E-state index in [0.717, 1.165) is 44.5 Å². The highest BCUT2D eigenvalue weighted by Gasteiger charge is 2.25. The van der Waals surface area contributed by atoms with Crippen LogP contribution in [-0.4, -0.2) is 24.1 Å². The first-order chi connectivity index (χ1) is 31.3. The summed E-state index contributed by atoms with van der Waals surface area (Å²) in [7, 11) is 0. The van der Waals surface area contributed by atoms with Gasteiger partial charge in [0, 0.05) is 64.1 Å². The van der Waals surface area contributed by atoms with Gasteiger partial charge in [0.15, 0.2) is 17.5 Å². The summed E-state index contributed by atoms with van der Waals surface area (Å²) in [5.41, 5.74) is 12.0. The largest absolute Gasteiger partial charge is 0.309 e. The molecular weight excluding hydrogens is 787 g/mol. The number of aromatic nitrogens is 5. The standard InChI is InChI=1S/C57H35N5S/c1-5-17-36(18-6-1)39-31-32-42-41-25-13-14-28-45(41)62(48(42)35-39)46-29-16-30-49-52(46)53-50(63-49)34-33-47-51(53)43-26-15-27-44(54(43)61(47)40-23-11-4-12-24-40)57-59-55(37-19-7-2-8-20-37)58-56(60-57)38-21-9-3-10-22-38/h1-35H. The zero-order valence-corrected chi connectivity index (χ0v) is 34.7. The number of hydrogen-bond donors (Lipinski definition) is 0. The monoisotopic (exact) mass is 821 g/mol. The molecule has 0 atom stereocenters. The van der Waals surface area contributed by atoms with Crippen LogP contribution in [0.2, 0.25) is 0 Å². The van der Waals surface area contributed by atoms with Crippen LogP contribution in [0.1, 0.15) is 0 Å². The second-order valence-electron chi connectivity index (χ2n) is 15.9. The van der Waals surface area contributed by atoms with Gasteiger partial charge in [0.1, 0.15) is 0 Å². The number of fused-ring (bicyclic) bond motifs is 10. The first kappa shape index (κ1) is 35.6. The van der Waals surface area contributed by atoms with Gasteiger partial charge in [0.05, 0.1) is 27.8 Å². The van der Waals surface area contributed by atoms with E-state index in [1.807, 2.05) is 47.7 Å². The van der Waals surface area contributed by atoms with Crippen molar-refractivity contribution < 1.29 is 0 Å². The maximum atomic E-state index is 5.25. The molecule has 0 spiro atoms. The van der Waals surface area contributed by atoms with Crippen LogP contribution in [0.5, 0.6) is 0 Å². The average Bonchev–Trinajstić information content (AvgIpc) is 4.02. The van der Waals surface area contributed by atoms with E-state index in [9.17, 15) is 0 Å². The number of para-hydroxylation sites is 3. The van der Waals surface area contributed by atoms with Gasteiger partial charge in [-0.15, -0.1) is 11.3 Å². The Labute approximate surface area is 366 Å². The van der Waals surface area contributed by atoms with Crippen molar-refractivity contribution in [2.45, 2.75) is 0 Å². The van der Waals surface area contributed by atoms with Crippen molar-refractivity contribution >= 4 is 75.1 Å². The maximum absolute atomic E-state index is 5.25. The van der Waals surface area contributed by atoms with E-state index in [2.05, 4.69) is 185 Å². The lowest BCUT2D eigenvalue weighted by Crippen LogP contribution is -2.02. The smallest absolute Gasteiger partial charge is 0.166 e. The summed E-state index contributed by atoms with van der Waals surface area (Å²) in [6.45, 7) is 0. The van der Waals surface area contributed by atoms with Crippen molar-refractivity contribution in [1.29, 1.82) is 0 Å². The summed E-state index contributed by atoms with van der Waals surface area (Å²) in [6, 6.07) is 75.5. The Morgan fingerprint density at radius 2 is 0.921 bits per heavy atom. The molecule has 63 heavy (non-hydrogen) atoms. The molecule has 13 aromatic rings. The Morgan fingerprint density at radius 1 is 0.333 bits per heavy atom. The number of nitrogens with zero attached hydrogens (tertiary/aromatic N) is 5. The fraction of sp³-hybridized carbons (Fsp3) is 0. The second kappa shape index (κ2) is 14.2. The Hall–Kier alpha value is -8.19. The first-order valence-corrected chi connectivity index (χ1v) is 22.0. The van der Waals surface area contributed by atoms with Gasteiger partial charge in [0.25, 0.3) is 0 Å². The lowest BCUT2D eigenvalue weighted by Gasteiger charge is -2.12. The Bertz CT molecular complexity index is 3830. The van der Waals surface area contributed by atoms with Crippen LogP contribution < -0.4 is 0 Å². The van der Waals surface area contributed by atoms with E-state index < -0.39 is 0 Å². The van der Waals surface area contributed by atoms with Gasteiger partial charge in [-0.25, -0.2) is 15.0 Å². The quantitative estimate of drug-likeness (QED) is 0.168. The lowest BCUT2D eigenvalue weighted by molar-refractivity contribution is 1.07. The summed E-state index contributed by atoms with van der Waals surface area (Å²) >= 11 is 1.86. The van der Waals surface area contributed by atoms with E-state index in [-0.39, 0.29) is 0 Å². The van der Waals surface area contributed by atoms with Gasteiger partial charge in [-0.05, 0) is 65.7 Å². The van der Waals surface area contributed by atoms with Gasteiger partial charge in [0.2, 0.25) is 0 Å². The molecule has 294 valence electrons. The lowest BCUT2D eigenvalue weighted by atomic mass is 10.0. The van der Waals surface area contributed by atoms with Crippen LogP contribution in [0.15, 0.2) is 212 Å². The van der Waals surface area contributed by atoms with E-state index >= 15 is 0 Å². The van der Waals surface area contributed by atoms with Crippen LogP contribution in [0.4, 0.5) is 0 Å². The minimum absolute atomic E-state index is 0.625. The zero-order chi connectivity index (χ0) is 41.4. The molecule has 0 aliphatic carbocycles. The normalized spacial score (nSPS) is 11.8. The molecule has 4 heterocycles. The third kappa shape index (κ3) is 5.59. The van der Waals surface area contributed by atoms with E-state index in [0.29, 0.717) is 17.5 Å². The predicted molar refractivity (Wildman–Crippen MR) is 263 cm³/mol. The highest BCUT2D eigenvalue weighted by molar-refractivity contribution is 7.26. The van der Waals surface area contributed by atoms with Crippen LogP contribution in [-0.2, 0) is 0 Å². The van der Waals surface area contributed by atoms with Crippen molar-refractivity contribution in [3.63, 3.8) is 0 Å². The molecule has 9 aromatic carbocycles. The molecule has 0 saturated carbocycles. The molecule has 0 aliphatic heterocycles. The van der Waals surface area contributed by atoms with Gasteiger partial charge in [-0.2, -0.15) is 0 Å². The molecule has 4 aromatic heterocycles. The minimum Gasteiger partial charge on any atom is -0.309 e. The average molecular weight is 822 g/mol.